The second-order valence-corrected chi connectivity index (χ2v) is 10.0. The van der Waals surface area contributed by atoms with E-state index in [0.717, 1.165) is 5.69 Å². The Hall–Kier alpha value is -3.78. The standard InChI is InChI=1S/C29H29BrN2O5/c1-17(2)37-22-13-11-21(12-14-22)32-26(18-6-9-20(10-7-18)31(3)4)25(28(34)29(32)35)27(33)19-8-15-24(36-5)23(30)16-19/h6-17,26,33H,1-5H3/b27-25-. The molecule has 1 saturated heterocycles. The molecule has 192 valence electrons. The highest BCUT2D eigenvalue weighted by Gasteiger charge is 2.47. The lowest BCUT2D eigenvalue weighted by atomic mass is 9.95. The monoisotopic (exact) mass is 564 g/mol. The molecule has 37 heavy (non-hydrogen) atoms. The van der Waals surface area contributed by atoms with E-state index in [1.165, 1.54) is 4.90 Å². The van der Waals surface area contributed by atoms with Gasteiger partial charge in [-0.25, -0.2) is 0 Å². The number of benzene rings is 3. The van der Waals surface area contributed by atoms with E-state index in [-0.39, 0.29) is 17.4 Å². The third kappa shape index (κ3) is 5.20. The molecule has 1 aliphatic rings. The van der Waals surface area contributed by atoms with Gasteiger partial charge in [0.25, 0.3) is 11.7 Å². The van der Waals surface area contributed by atoms with Crippen molar-refractivity contribution in [3.63, 3.8) is 0 Å². The lowest BCUT2D eigenvalue weighted by Crippen LogP contribution is -2.29. The second-order valence-electron chi connectivity index (χ2n) is 9.16. The summed E-state index contributed by atoms with van der Waals surface area (Å²) in [5.74, 6) is -0.491. The number of nitrogens with zero attached hydrogens (tertiary/aromatic N) is 2. The maximum Gasteiger partial charge on any atom is 0.300 e. The Labute approximate surface area is 225 Å². The zero-order chi connectivity index (χ0) is 26.9. The number of halogens is 1. The number of methoxy groups -OCH3 is 1. The van der Waals surface area contributed by atoms with Crippen molar-refractivity contribution in [1.29, 1.82) is 0 Å². The molecule has 1 unspecified atom stereocenters. The molecule has 0 bridgehead atoms. The minimum absolute atomic E-state index is 0.000824. The van der Waals surface area contributed by atoms with Gasteiger partial charge in [-0.2, -0.15) is 0 Å². The van der Waals surface area contributed by atoms with Gasteiger partial charge in [0.15, 0.2) is 0 Å². The molecule has 3 aromatic rings. The van der Waals surface area contributed by atoms with Crippen molar-refractivity contribution in [3.8, 4) is 11.5 Å². The highest BCUT2D eigenvalue weighted by atomic mass is 79.9. The lowest BCUT2D eigenvalue weighted by Gasteiger charge is -2.26. The molecule has 1 N–H and O–H groups in total. The quantitative estimate of drug-likeness (QED) is 0.217. The van der Waals surface area contributed by atoms with Crippen LogP contribution in [-0.4, -0.2) is 44.1 Å². The topological polar surface area (TPSA) is 79.3 Å². The summed E-state index contributed by atoms with van der Waals surface area (Å²) in [6.45, 7) is 3.86. The number of carbonyl (C=O) groups is 2. The minimum Gasteiger partial charge on any atom is -0.507 e. The predicted molar refractivity (Wildman–Crippen MR) is 148 cm³/mol. The molecule has 8 heteroatoms. The minimum atomic E-state index is -0.825. The smallest absolute Gasteiger partial charge is 0.300 e. The third-order valence-corrected chi connectivity index (χ3v) is 6.70. The normalized spacial score (nSPS) is 16.8. The molecular formula is C29H29BrN2O5. The number of anilines is 2. The summed E-state index contributed by atoms with van der Waals surface area (Å²) < 4.78 is 11.6. The van der Waals surface area contributed by atoms with Gasteiger partial charge in [0.05, 0.1) is 29.3 Å². The Bertz CT molecular complexity index is 1350. The number of hydrogen-bond acceptors (Lipinski definition) is 6. The number of rotatable bonds is 7. The number of carbonyl (C=O) groups excluding carboxylic acids is 2. The van der Waals surface area contributed by atoms with Crippen molar-refractivity contribution >= 4 is 44.8 Å². The number of Topliss-reactive ketones (excluding diaryl/α,β-unsaturated/α-hetero) is 1. The van der Waals surface area contributed by atoms with E-state index in [0.29, 0.717) is 32.8 Å². The van der Waals surface area contributed by atoms with Gasteiger partial charge in [-0.3, -0.25) is 14.5 Å². The molecule has 0 aromatic heterocycles. The average Bonchev–Trinajstić information content (AvgIpc) is 3.14. The van der Waals surface area contributed by atoms with Gasteiger partial charge in [-0.05, 0) is 89.9 Å². The summed E-state index contributed by atoms with van der Waals surface area (Å²) in [6, 6.07) is 18.8. The average molecular weight is 565 g/mol. The Balaban J connectivity index is 1.87. The van der Waals surface area contributed by atoms with Crippen LogP contribution in [0.5, 0.6) is 11.5 Å². The number of amides is 1. The van der Waals surface area contributed by atoms with Gasteiger partial charge < -0.3 is 19.5 Å². The summed E-state index contributed by atoms with van der Waals surface area (Å²) >= 11 is 3.43. The molecular weight excluding hydrogens is 536 g/mol. The molecule has 1 heterocycles. The Morgan fingerprint density at radius 2 is 1.65 bits per heavy atom. The van der Waals surface area contributed by atoms with E-state index in [1.54, 1.807) is 49.6 Å². The van der Waals surface area contributed by atoms with Crippen LogP contribution in [0.15, 0.2) is 76.8 Å². The summed E-state index contributed by atoms with van der Waals surface area (Å²) in [6.07, 6.45) is -0.000824. The van der Waals surface area contributed by atoms with Crippen molar-refractivity contribution in [1.82, 2.24) is 0 Å². The van der Waals surface area contributed by atoms with Gasteiger partial charge in [-0.1, -0.05) is 12.1 Å². The second kappa shape index (κ2) is 10.7. The number of aliphatic hydroxyl groups excluding tert-OH is 1. The molecule has 1 aliphatic heterocycles. The van der Waals surface area contributed by atoms with E-state index < -0.39 is 17.7 Å². The first-order valence-corrected chi connectivity index (χ1v) is 12.6. The molecule has 4 rings (SSSR count). The maximum absolute atomic E-state index is 13.4. The van der Waals surface area contributed by atoms with Crippen LogP contribution in [0, 0.1) is 0 Å². The van der Waals surface area contributed by atoms with Gasteiger partial charge in [0.2, 0.25) is 0 Å². The molecule has 1 atom stereocenters. The van der Waals surface area contributed by atoms with Crippen molar-refractivity contribution in [3.05, 3.63) is 87.9 Å². The van der Waals surface area contributed by atoms with Crippen LogP contribution in [-0.2, 0) is 9.59 Å². The molecule has 0 spiro atoms. The summed E-state index contributed by atoms with van der Waals surface area (Å²) in [7, 11) is 5.41. The zero-order valence-electron chi connectivity index (χ0n) is 21.4. The lowest BCUT2D eigenvalue weighted by molar-refractivity contribution is -0.132. The number of hydrogen-bond donors (Lipinski definition) is 1. The van der Waals surface area contributed by atoms with Crippen molar-refractivity contribution in [2.24, 2.45) is 0 Å². The van der Waals surface area contributed by atoms with E-state index in [1.807, 2.05) is 57.1 Å². The summed E-state index contributed by atoms with van der Waals surface area (Å²) in [5, 5.41) is 11.4. The Kier molecular flexibility index (Phi) is 7.59. The first-order valence-electron chi connectivity index (χ1n) is 11.8. The third-order valence-electron chi connectivity index (χ3n) is 6.08. The number of ether oxygens (including phenoxy) is 2. The molecule has 0 radical (unpaired) electrons. The Morgan fingerprint density at radius 3 is 2.19 bits per heavy atom. The van der Waals surface area contributed by atoms with Crippen LogP contribution >= 0.6 is 15.9 Å². The van der Waals surface area contributed by atoms with Crippen LogP contribution in [0.2, 0.25) is 0 Å². The predicted octanol–water partition coefficient (Wildman–Crippen LogP) is 5.94. The summed E-state index contributed by atoms with van der Waals surface area (Å²) in [5.41, 5.74) is 2.59. The molecule has 0 saturated carbocycles. The van der Waals surface area contributed by atoms with Gasteiger partial charge in [0, 0.05) is 31.0 Å². The Morgan fingerprint density at radius 1 is 1.00 bits per heavy atom. The van der Waals surface area contributed by atoms with E-state index in [2.05, 4.69) is 15.9 Å². The van der Waals surface area contributed by atoms with Gasteiger partial charge in [0.1, 0.15) is 17.3 Å². The number of aliphatic hydroxyl groups is 1. The van der Waals surface area contributed by atoms with Crippen molar-refractivity contribution in [2.45, 2.75) is 26.0 Å². The van der Waals surface area contributed by atoms with Crippen molar-refractivity contribution in [2.75, 3.05) is 31.0 Å². The van der Waals surface area contributed by atoms with Crippen LogP contribution in [0.3, 0.4) is 0 Å². The largest absolute Gasteiger partial charge is 0.507 e. The van der Waals surface area contributed by atoms with Crippen LogP contribution < -0.4 is 19.3 Å². The fourth-order valence-corrected chi connectivity index (χ4v) is 4.84. The maximum atomic E-state index is 13.4. The van der Waals surface area contributed by atoms with E-state index >= 15 is 0 Å². The van der Waals surface area contributed by atoms with Crippen LogP contribution in [0.4, 0.5) is 11.4 Å². The highest BCUT2D eigenvalue weighted by Crippen LogP contribution is 2.43. The summed E-state index contributed by atoms with van der Waals surface area (Å²) in [4.78, 5) is 30.2. The fourth-order valence-electron chi connectivity index (χ4n) is 4.30. The van der Waals surface area contributed by atoms with Gasteiger partial charge >= 0.3 is 0 Å². The first kappa shape index (κ1) is 26.3. The van der Waals surface area contributed by atoms with Gasteiger partial charge in [-0.15, -0.1) is 0 Å². The van der Waals surface area contributed by atoms with Crippen LogP contribution in [0.1, 0.15) is 31.0 Å². The molecule has 1 fully saturated rings. The van der Waals surface area contributed by atoms with E-state index in [4.69, 9.17) is 9.47 Å². The molecule has 3 aromatic carbocycles. The van der Waals surface area contributed by atoms with Crippen molar-refractivity contribution < 1.29 is 24.2 Å². The molecule has 0 aliphatic carbocycles. The zero-order valence-corrected chi connectivity index (χ0v) is 22.9. The van der Waals surface area contributed by atoms with E-state index in [9.17, 15) is 14.7 Å². The number of ketones is 1. The molecule has 7 nitrogen and oxygen atoms in total. The first-order chi connectivity index (χ1) is 17.6. The SMILES string of the molecule is COc1ccc(/C(O)=C2/C(=O)C(=O)N(c3ccc(OC(C)C)cc3)C2c2ccc(N(C)C)cc2)cc1Br. The van der Waals surface area contributed by atoms with Crippen LogP contribution in [0.25, 0.3) is 5.76 Å². The fraction of sp³-hybridized carbons (Fsp3) is 0.241. The highest BCUT2D eigenvalue weighted by molar-refractivity contribution is 9.10. The molecule has 1 amide bonds.